The molecular formula is C14H14N2O2. The summed E-state index contributed by atoms with van der Waals surface area (Å²) in [5.41, 5.74) is 3.28. The molecule has 2 heterocycles. The van der Waals surface area contributed by atoms with Crippen molar-refractivity contribution in [2.45, 2.75) is 19.4 Å². The molecule has 4 rings (SSSR count). The number of rotatable bonds is 1. The quantitative estimate of drug-likeness (QED) is 0.742. The summed E-state index contributed by atoms with van der Waals surface area (Å²) >= 11 is 0. The van der Waals surface area contributed by atoms with Crippen molar-refractivity contribution in [2.24, 2.45) is 11.8 Å². The number of imide groups is 1. The number of carbonyl (C=O) groups excluding carboxylic acids is 2. The van der Waals surface area contributed by atoms with Crippen LogP contribution in [-0.4, -0.2) is 18.4 Å². The van der Waals surface area contributed by atoms with Gasteiger partial charge in [0, 0.05) is 6.54 Å². The normalized spacial score (nSPS) is 29.2. The van der Waals surface area contributed by atoms with E-state index in [0.717, 1.165) is 31.6 Å². The van der Waals surface area contributed by atoms with Crippen molar-refractivity contribution in [3.05, 3.63) is 29.3 Å². The zero-order valence-corrected chi connectivity index (χ0v) is 9.98. The number of anilines is 1. The maximum Gasteiger partial charge on any atom is 0.237 e. The summed E-state index contributed by atoms with van der Waals surface area (Å²) in [5, 5.41) is 3.31. The van der Waals surface area contributed by atoms with Crippen LogP contribution in [0.25, 0.3) is 0 Å². The monoisotopic (exact) mass is 242 g/mol. The summed E-state index contributed by atoms with van der Waals surface area (Å²) in [6.07, 6.45) is 1.78. The van der Waals surface area contributed by atoms with Crippen molar-refractivity contribution >= 4 is 17.5 Å². The van der Waals surface area contributed by atoms with Crippen molar-refractivity contribution < 1.29 is 9.59 Å². The van der Waals surface area contributed by atoms with Gasteiger partial charge in [0.25, 0.3) is 0 Å². The van der Waals surface area contributed by atoms with E-state index in [9.17, 15) is 9.59 Å². The Balaban J connectivity index is 1.73. The zero-order chi connectivity index (χ0) is 12.3. The molecule has 92 valence electrons. The molecule has 4 nitrogen and oxygen atoms in total. The fourth-order valence-corrected chi connectivity index (χ4v) is 3.04. The number of fused-ring (bicyclic) bond motifs is 2. The van der Waals surface area contributed by atoms with Crippen molar-refractivity contribution in [2.75, 3.05) is 11.4 Å². The second-order valence-electron chi connectivity index (χ2n) is 5.34. The molecule has 1 aliphatic carbocycles. The van der Waals surface area contributed by atoms with Crippen molar-refractivity contribution in [1.29, 1.82) is 0 Å². The molecule has 1 saturated heterocycles. The lowest BCUT2D eigenvalue weighted by Crippen LogP contribution is -2.33. The molecule has 0 radical (unpaired) electrons. The van der Waals surface area contributed by atoms with E-state index < -0.39 is 0 Å². The van der Waals surface area contributed by atoms with Crippen LogP contribution in [0.4, 0.5) is 5.69 Å². The van der Waals surface area contributed by atoms with Crippen LogP contribution in [-0.2, 0) is 22.6 Å². The van der Waals surface area contributed by atoms with Crippen molar-refractivity contribution in [1.82, 2.24) is 5.32 Å². The predicted octanol–water partition coefficient (Wildman–Crippen LogP) is 0.842. The van der Waals surface area contributed by atoms with Crippen LogP contribution in [0.1, 0.15) is 17.5 Å². The van der Waals surface area contributed by atoms with Gasteiger partial charge in [-0.1, -0.05) is 6.07 Å². The molecule has 1 saturated carbocycles. The minimum absolute atomic E-state index is 0.00582. The number of hydrogen-bond donors (Lipinski definition) is 1. The van der Waals surface area contributed by atoms with E-state index in [1.165, 1.54) is 16.0 Å². The smallest absolute Gasteiger partial charge is 0.237 e. The molecule has 1 N–H and O–H groups in total. The number of carbonyl (C=O) groups is 2. The summed E-state index contributed by atoms with van der Waals surface area (Å²) in [5.74, 6) is -0.0549. The van der Waals surface area contributed by atoms with Crippen LogP contribution < -0.4 is 10.2 Å². The first-order valence-corrected chi connectivity index (χ1v) is 6.46. The Morgan fingerprint density at radius 1 is 1.11 bits per heavy atom. The average Bonchev–Trinajstić information content (AvgIpc) is 3.14. The highest BCUT2D eigenvalue weighted by Crippen LogP contribution is 2.48. The highest BCUT2D eigenvalue weighted by molar-refractivity contribution is 6.24. The summed E-state index contributed by atoms with van der Waals surface area (Å²) in [7, 11) is 0. The van der Waals surface area contributed by atoms with E-state index in [0.29, 0.717) is 0 Å². The number of nitrogens with one attached hydrogen (secondary N) is 1. The first-order chi connectivity index (χ1) is 8.75. The van der Waals surface area contributed by atoms with E-state index in [-0.39, 0.29) is 23.7 Å². The zero-order valence-electron chi connectivity index (χ0n) is 9.98. The standard InChI is InChI=1S/C14H14N2O2/c17-13-11-6-12(11)14(18)16(13)10-2-1-8-3-4-15-7-9(8)5-10/h1-2,5,11-12,15H,3-4,6-7H2. The topological polar surface area (TPSA) is 49.4 Å². The minimum Gasteiger partial charge on any atom is -0.312 e. The van der Waals surface area contributed by atoms with E-state index in [1.54, 1.807) is 0 Å². The maximum absolute atomic E-state index is 12.0. The molecule has 2 unspecified atom stereocenters. The number of hydrogen-bond acceptors (Lipinski definition) is 3. The molecule has 2 amide bonds. The van der Waals surface area contributed by atoms with Crippen molar-refractivity contribution in [3.63, 3.8) is 0 Å². The molecule has 0 bridgehead atoms. The lowest BCUT2D eigenvalue weighted by Gasteiger charge is -2.21. The van der Waals surface area contributed by atoms with Gasteiger partial charge in [0.15, 0.2) is 0 Å². The largest absolute Gasteiger partial charge is 0.312 e. The lowest BCUT2D eigenvalue weighted by molar-refractivity contribution is -0.123. The van der Waals surface area contributed by atoms with Gasteiger partial charge in [-0.3, -0.25) is 14.5 Å². The number of benzene rings is 1. The van der Waals surface area contributed by atoms with Gasteiger partial charge in [0.2, 0.25) is 11.8 Å². The van der Waals surface area contributed by atoms with Crippen LogP contribution in [0.5, 0.6) is 0 Å². The van der Waals surface area contributed by atoms with Gasteiger partial charge in [-0.25, -0.2) is 0 Å². The first-order valence-electron chi connectivity index (χ1n) is 6.46. The summed E-state index contributed by atoms with van der Waals surface area (Å²) < 4.78 is 0. The van der Waals surface area contributed by atoms with Crippen molar-refractivity contribution in [3.8, 4) is 0 Å². The number of nitrogens with zero attached hydrogens (tertiary/aromatic N) is 1. The molecule has 3 aliphatic rings. The Bertz CT molecular complexity index is 547. The average molecular weight is 242 g/mol. The number of piperidine rings is 1. The second-order valence-corrected chi connectivity index (χ2v) is 5.34. The molecule has 1 aromatic carbocycles. The van der Waals surface area contributed by atoms with Crippen LogP contribution in [0, 0.1) is 11.8 Å². The summed E-state index contributed by atoms with van der Waals surface area (Å²) in [6.45, 7) is 1.82. The Kier molecular flexibility index (Phi) is 1.95. The molecule has 0 spiro atoms. The lowest BCUT2D eigenvalue weighted by atomic mass is 10.00. The number of amides is 2. The Labute approximate surface area is 105 Å². The Morgan fingerprint density at radius 3 is 2.67 bits per heavy atom. The highest BCUT2D eigenvalue weighted by atomic mass is 16.2. The minimum atomic E-state index is -0.0216. The molecule has 2 aliphatic heterocycles. The van der Waals surface area contributed by atoms with Gasteiger partial charge in [0.1, 0.15) is 0 Å². The Hall–Kier alpha value is -1.68. The summed E-state index contributed by atoms with van der Waals surface area (Å²) in [4.78, 5) is 25.4. The molecule has 0 aromatic heterocycles. The van der Waals surface area contributed by atoms with Gasteiger partial charge in [-0.15, -0.1) is 0 Å². The summed E-state index contributed by atoms with van der Waals surface area (Å²) in [6, 6.07) is 5.95. The van der Waals surface area contributed by atoms with Gasteiger partial charge in [-0.05, 0) is 42.6 Å². The van der Waals surface area contributed by atoms with E-state index in [2.05, 4.69) is 11.4 Å². The SMILES string of the molecule is O=C1C2CC2C(=O)N1c1ccc2c(c1)CNCC2. The molecular weight excluding hydrogens is 228 g/mol. The van der Waals surface area contributed by atoms with Gasteiger partial charge < -0.3 is 5.32 Å². The van der Waals surface area contributed by atoms with Crippen LogP contribution >= 0.6 is 0 Å². The fraction of sp³-hybridized carbons (Fsp3) is 0.429. The fourth-order valence-electron chi connectivity index (χ4n) is 3.04. The van der Waals surface area contributed by atoms with Gasteiger partial charge in [-0.2, -0.15) is 0 Å². The van der Waals surface area contributed by atoms with Crippen LogP contribution in [0.3, 0.4) is 0 Å². The first kappa shape index (κ1) is 10.3. The van der Waals surface area contributed by atoms with E-state index in [4.69, 9.17) is 0 Å². The second kappa shape index (κ2) is 3.42. The molecule has 18 heavy (non-hydrogen) atoms. The predicted molar refractivity (Wildman–Crippen MR) is 65.9 cm³/mol. The third kappa shape index (κ3) is 1.29. The van der Waals surface area contributed by atoms with E-state index in [1.807, 2.05) is 12.1 Å². The van der Waals surface area contributed by atoms with Gasteiger partial charge in [0.05, 0.1) is 17.5 Å². The molecule has 1 aromatic rings. The highest BCUT2D eigenvalue weighted by Gasteiger charge is 2.59. The molecule has 4 heteroatoms. The van der Waals surface area contributed by atoms with E-state index >= 15 is 0 Å². The maximum atomic E-state index is 12.0. The molecule has 2 fully saturated rings. The third-order valence-corrected chi connectivity index (χ3v) is 4.20. The molecule has 2 atom stereocenters. The Morgan fingerprint density at radius 2 is 1.89 bits per heavy atom. The third-order valence-electron chi connectivity index (χ3n) is 4.20. The van der Waals surface area contributed by atoms with Crippen LogP contribution in [0.15, 0.2) is 18.2 Å². The van der Waals surface area contributed by atoms with Gasteiger partial charge >= 0.3 is 0 Å². The van der Waals surface area contributed by atoms with Crippen LogP contribution in [0.2, 0.25) is 0 Å².